The Bertz CT molecular complexity index is 1290. The Morgan fingerprint density at radius 1 is 1.32 bits per heavy atom. The second kappa shape index (κ2) is 6.28. The van der Waals surface area contributed by atoms with Crippen molar-refractivity contribution in [3.63, 3.8) is 0 Å². The van der Waals surface area contributed by atoms with Crippen LogP contribution in [-0.4, -0.2) is 40.3 Å². The van der Waals surface area contributed by atoms with Gasteiger partial charge in [-0.3, -0.25) is 4.57 Å². The summed E-state index contributed by atoms with van der Waals surface area (Å²) < 4.78 is 3.29. The molecule has 0 bridgehead atoms. The minimum absolute atomic E-state index is 0.0955. The predicted octanol–water partition coefficient (Wildman–Crippen LogP) is 1.78. The fraction of sp³-hybridized carbons (Fsp3) is 0.316. The molecular formula is C19H17N7O2. The molecule has 4 heterocycles. The molecule has 1 fully saturated rings. The van der Waals surface area contributed by atoms with Gasteiger partial charge in [-0.2, -0.15) is 10.4 Å². The van der Waals surface area contributed by atoms with E-state index in [4.69, 9.17) is 5.26 Å². The third-order valence-corrected chi connectivity index (χ3v) is 5.33. The summed E-state index contributed by atoms with van der Waals surface area (Å²) in [6.07, 6.45) is 7.54. The lowest BCUT2D eigenvalue weighted by Gasteiger charge is -2.26. The minimum atomic E-state index is -0.402. The fourth-order valence-electron chi connectivity index (χ4n) is 3.98. The average molecular weight is 375 g/mol. The van der Waals surface area contributed by atoms with Crippen molar-refractivity contribution in [2.24, 2.45) is 0 Å². The van der Waals surface area contributed by atoms with Crippen LogP contribution in [0.15, 0.2) is 35.5 Å². The first-order chi connectivity index (χ1) is 13.6. The molecule has 0 aliphatic heterocycles. The quantitative estimate of drug-likeness (QED) is 0.550. The molecule has 1 aliphatic carbocycles. The van der Waals surface area contributed by atoms with Gasteiger partial charge in [-0.15, -0.1) is 0 Å². The highest BCUT2D eigenvalue weighted by atomic mass is 16.3. The molecule has 1 saturated carbocycles. The molecule has 2 atom stereocenters. The van der Waals surface area contributed by atoms with Crippen LogP contribution in [0.4, 0.5) is 0 Å². The Morgan fingerprint density at radius 3 is 3.04 bits per heavy atom. The summed E-state index contributed by atoms with van der Waals surface area (Å²) in [6, 6.07) is 5.45. The minimum Gasteiger partial charge on any atom is -0.393 e. The Balaban J connectivity index is 1.67. The van der Waals surface area contributed by atoms with Gasteiger partial charge in [0.15, 0.2) is 11.5 Å². The summed E-state index contributed by atoms with van der Waals surface area (Å²) in [4.78, 5) is 24.4. The van der Waals surface area contributed by atoms with Gasteiger partial charge in [0.05, 0.1) is 41.2 Å². The van der Waals surface area contributed by atoms with Crippen molar-refractivity contribution in [1.29, 1.82) is 5.26 Å². The molecule has 140 valence electrons. The van der Waals surface area contributed by atoms with Crippen LogP contribution < -0.4 is 5.69 Å². The maximum absolute atomic E-state index is 12.5. The molecule has 0 amide bonds. The summed E-state index contributed by atoms with van der Waals surface area (Å²) in [6.45, 7) is 0. The lowest BCUT2D eigenvalue weighted by molar-refractivity contribution is 0.104. The fourth-order valence-corrected chi connectivity index (χ4v) is 3.98. The third kappa shape index (κ3) is 2.58. The number of fused-ring (bicyclic) bond motifs is 2. The molecule has 9 heteroatoms. The highest BCUT2D eigenvalue weighted by Gasteiger charge is 2.25. The maximum Gasteiger partial charge on any atom is 0.327 e. The van der Waals surface area contributed by atoms with Crippen molar-refractivity contribution >= 4 is 16.7 Å². The number of hydrogen-bond donors (Lipinski definition) is 2. The van der Waals surface area contributed by atoms with Gasteiger partial charge in [-0.25, -0.2) is 19.3 Å². The molecule has 0 aromatic carbocycles. The molecule has 0 radical (unpaired) electrons. The van der Waals surface area contributed by atoms with Crippen molar-refractivity contribution in [3.8, 4) is 17.5 Å². The maximum atomic E-state index is 12.5. The van der Waals surface area contributed by atoms with Crippen molar-refractivity contribution in [1.82, 2.24) is 29.1 Å². The molecular weight excluding hydrogens is 358 g/mol. The van der Waals surface area contributed by atoms with E-state index in [2.05, 4.69) is 26.1 Å². The molecule has 28 heavy (non-hydrogen) atoms. The zero-order valence-corrected chi connectivity index (χ0v) is 14.9. The Labute approximate surface area is 158 Å². The smallest absolute Gasteiger partial charge is 0.327 e. The van der Waals surface area contributed by atoms with Gasteiger partial charge >= 0.3 is 5.69 Å². The standard InChI is InChI=1S/C19H17N7O2/c20-8-11-4-5-25-16(6-11)14(9-22-25)17-21-10-15-18(24-17)26(19(28)23-15)12-2-1-3-13(27)7-12/h4-6,9-10,12-13,27H,1-3,7H2,(H,23,28)/t12-,13-/m0/s1. The van der Waals surface area contributed by atoms with E-state index in [0.717, 1.165) is 24.8 Å². The monoisotopic (exact) mass is 375 g/mol. The number of imidazole rings is 1. The largest absolute Gasteiger partial charge is 0.393 e. The van der Waals surface area contributed by atoms with Crippen LogP contribution in [0, 0.1) is 11.3 Å². The SMILES string of the molecule is N#Cc1ccn2ncc(-c3ncc4[nH]c(=O)n([C@H]5CCC[C@H](O)C5)c4n3)c2c1. The normalized spacial score (nSPS) is 19.9. The van der Waals surface area contributed by atoms with Gasteiger partial charge in [0.2, 0.25) is 0 Å². The molecule has 0 saturated heterocycles. The van der Waals surface area contributed by atoms with Crippen molar-refractivity contribution in [2.75, 3.05) is 0 Å². The van der Waals surface area contributed by atoms with E-state index < -0.39 is 6.10 Å². The highest BCUT2D eigenvalue weighted by Crippen LogP contribution is 2.30. The molecule has 1 aliphatic rings. The van der Waals surface area contributed by atoms with Gasteiger partial charge < -0.3 is 10.1 Å². The van der Waals surface area contributed by atoms with E-state index in [-0.39, 0.29) is 11.7 Å². The number of rotatable bonds is 2. The van der Waals surface area contributed by atoms with Crippen molar-refractivity contribution in [3.05, 3.63) is 46.8 Å². The number of nitriles is 1. The number of nitrogens with one attached hydrogen (secondary N) is 1. The Morgan fingerprint density at radius 2 is 2.21 bits per heavy atom. The topological polar surface area (TPSA) is 125 Å². The first kappa shape index (κ1) is 16.6. The zero-order chi connectivity index (χ0) is 19.3. The summed E-state index contributed by atoms with van der Waals surface area (Å²) in [5.41, 5.74) is 2.75. The summed E-state index contributed by atoms with van der Waals surface area (Å²) in [5.74, 6) is 0.432. The molecule has 9 nitrogen and oxygen atoms in total. The molecule has 4 aromatic rings. The van der Waals surface area contributed by atoms with Crippen molar-refractivity contribution in [2.45, 2.75) is 37.8 Å². The summed E-state index contributed by atoms with van der Waals surface area (Å²) in [5, 5.41) is 23.5. The van der Waals surface area contributed by atoms with E-state index in [0.29, 0.717) is 34.5 Å². The molecule has 2 N–H and O–H groups in total. The third-order valence-electron chi connectivity index (χ3n) is 5.33. The van der Waals surface area contributed by atoms with Crippen LogP contribution in [0.2, 0.25) is 0 Å². The summed E-state index contributed by atoms with van der Waals surface area (Å²) in [7, 11) is 0. The average Bonchev–Trinajstić information content (AvgIpc) is 3.26. The van der Waals surface area contributed by atoms with Crippen LogP contribution in [0.3, 0.4) is 0 Å². The molecule has 0 unspecified atom stereocenters. The van der Waals surface area contributed by atoms with E-state index in [1.807, 2.05) is 0 Å². The van der Waals surface area contributed by atoms with Gasteiger partial charge in [-0.05, 0) is 37.8 Å². The summed E-state index contributed by atoms with van der Waals surface area (Å²) >= 11 is 0. The second-order valence-electron chi connectivity index (χ2n) is 7.12. The van der Waals surface area contributed by atoms with Crippen LogP contribution >= 0.6 is 0 Å². The lowest BCUT2D eigenvalue weighted by Crippen LogP contribution is -2.29. The predicted molar refractivity (Wildman–Crippen MR) is 101 cm³/mol. The van der Waals surface area contributed by atoms with Crippen LogP contribution in [0.1, 0.15) is 37.3 Å². The number of aromatic nitrogens is 6. The molecule has 4 aromatic heterocycles. The van der Waals surface area contributed by atoms with E-state index >= 15 is 0 Å². The van der Waals surface area contributed by atoms with E-state index in [1.165, 1.54) is 0 Å². The molecule has 0 spiro atoms. The number of nitrogens with zero attached hydrogens (tertiary/aromatic N) is 6. The van der Waals surface area contributed by atoms with Crippen LogP contribution in [0.5, 0.6) is 0 Å². The number of hydrogen-bond acceptors (Lipinski definition) is 6. The van der Waals surface area contributed by atoms with Gasteiger partial charge in [0.25, 0.3) is 0 Å². The van der Waals surface area contributed by atoms with Gasteiger partial charge in [0.1, 0.15) is 5.52 Å². The number of aliphatic hydroxyl groups is 1. The van der Waals surface area contributed by atoms with Gasteiger partial charge in [-0.1, -0.05) is 0 Å². The number of aromatic amines is 1. The number of H-pyrrole nitrogens is 1. The van der Waals surface area contributed by atoms with Gasteiger partial charge in [0, 0.05) is 12.2 Å². The number of pyridine rings is 1. The van der Waals surface area contributed by atoms with E-state index in [9.17, 15) is 9.90 Å². The Hall–Kier alpha value is -3.51. The molecule has 5 rings (SSSR count). The van der Waals surface area contributed by atoms with Crippen molar-refractivity contribution < 1.29 is 5.11 Å². The first-order valence-electron chi connectivity index (χ1n) is 9.17. The van der Waals surface area contributed by atoms with E-state index in [1.54, 1.807) is 39.8 Å². The number of aliphatic hydroxyl groups excluding tert-OH is 1. The van der Waals surface area contributed by atoms with Crippen LogP contribution in [0.25, 0.3) is 28.1 Å². The van der Waals surface area contributed by atoms with Crippen LogP contribution in [-0.2, 0) is 0 Å². The zero-order valence-electron chi connectivity index (χ0n) is 14.9. The second-order valence-corrected chi connectivity index (χ2v) is 7.12. The highest BCUT2D eigenvalue weighted by molar-refractivity contribution is 5.80. The Kier molecular flexibility index (Phi) is 3.74. The lowest BCUT2D eigenvalue weighted by atomic mass is 9.93. The first-order valence-corrected chi connectivity index (χ1v) is 9.17.